The molecule has 114 valence electrons. The molecule has 3 rings (SSSR count). The predicted octanol–water partition coefficient (Wildman–Crippen LogP) is 4.09. The van der Waals surface area contributed by atoms with Gasteiger partial charge in [0.05, 0.1) is 6.04 Å². The summed E-state index contributed by atoms with van der Waals surface area (Å²) in [5.41, 5.74) is 7.66. The van der Waals surface area contributed by atoms with Crippen LogP contribution in [0.25, 0.3) is 11.0 Å². The highest BCUT2D eigenvalue weighted by molar-refractivity contribution is 5.77. The summed E-state index contributed by atoms with van der Waals surface area (Å²) in [7, 11) is 0. The lowest BCUT2D eigenvalue weighted by Gasteiger charge is -2.44. The number of hydrogen-bond acceptors (Lipinski definition) is 3. The maximum atomic E-state index is 6.70. The minimum Gasteiger partial charge on any atom is -0.459 e. The van der Waals surface area contributed by atoms with Crippen LogP contribution in [0, 0.1) is 0 Å². The van der Waals surface area contributed by atoms with Gasteiger partial charge in [0, 0.05) is 10.9 Å². The second-order valence-corrected chi connectivity index (χ2v) is 6.17. The summed E-state index contributed by atoms with van der Waals surface area (Å²) in [5, 5.41) is 1.14. The van der Waals surface area contributed by atoms with Gasteiger partial charge in [-0.1, -0.05) is 32.0 Å². The molecule has 3 heteroatoms. The molecule has 0 amide bonds. The van der Waals surface area contributed by atoms with Crippen molar-refractivity contribution in [2.75, 3.05) is 13.1 Å². The lowest BCUT2D eigenvalue weighted by molar-refractivity contribution is 0.0694. The Hall–Kier alpha value is -1.32. The minimum atomic E-state index is -0.0713. The Morgan fingerprint density at radius 2 is 1.86 bits per heavy atom. The second kappa shape index (κ2) is 5.82. The third kappa shape index (κ3) is 2.39. The molecule has 1 aliphatic rings. The largest absolute Gasteiger partial charge is 0.459 e. The van der Waals surface area contributed by atoms with Crippen molar-refractivity contribution in [1.82, 2.24) is 4.90 Å². The molecule has 2 heterocycles. The fraction of sp³-hybridized carbons (Fsp3) is 0.556. The van der Waals surface area contributed by atoms with Crippen molar-refractivity contribution in [3.63, 3.8) is 0 Å². The number of benzene rings is 1. The molecule has 2 N–H and O–H groups in total. The molecule has 0 spiro atoms. The van der Waals surface area contributed by atoms with Crippen LogP contribution in [0.4, 0.5) is 0 Å². The highest BCUT2D eigenvalue weighted by atomic mass is 16.3. The van der Waals surface area contributed by atoms with E-state index in [1.165, 1.54) is 12.8 Å². The Bertz CT molecular complexity index is 561. The molecule has 21 heavy (non-hydrogen) atoms. The van der Waals surface area contributed by atoms with Crippen LogP contribution in [0.2, 0.25) is 0 Å². The summed E-state index contributed by atoms with van der Waals surface area (Å²) in [6.07, 6.45) is 4.69. The summed E-state index contributed by atoms with van der Waals surface area (Å²) in [5.74, 6) is 0.923. The number of likely N-dealkylation sites (tertiary alicyclic amines) is 1. The molecule has 1 unspecified atom stereocenters. The first-order chi connectivity index (χ1) is 10.2. The van der Waals surface area contributed by atoms with E-state index in [2.05, 4.69) is 30.9 Å². The second-order valence-electron chi connectivity index (χ2n) is 6.17. The molecule has 0 saturated carbocycles. The molecule has 1 aromatic carbocycles. The zero-order chi connectivity index (χ0) is 14.9. The minimum absolute atomic E-state index is 0.0182. The Balaban J connectivity index is 1.98. The van der Waals surface area contributed by atoms with E-state index >= 15 is 0 Å². The SMILES string of the molecule is CCC(CC)(C(N)c1cc2ccccc2o1)N1CCCC1. The smallest absolute Gasteiger partial charge is 0.134 e. The molecule has 0 radical (unpaired) electrons. The van der Waals surface area contributed by atoms with Crippen molar-refractivity contribution < 1.29 is 4.42 Å². The van der Waals surface area contributed by atoms with Gasteiger partial charge < -0.3 is 10.2 Å². The monoisotopic (exact) mass is 286 g/mol. The number of rotatable bonds is 5. The summed E-state index contributed by atoms with van der Waals surface area (Å²) < 4.78 is 6.05. The molecular weight excluding hydrogens is 260 g/mol. The topological polar surface area (TPSA) is 42.4 Å². The van der Waals surface area contributed by atoms with Crippen LogP contribution in [0.1, 0.15) is 51.3 Å². The van der Waals surface area contributed by atoms with E-state index in [-0.39, 0.29) is 11.6 Å². The van der Waals surface area contributed by atoms with Gasteiger partial charge in [-0.15, -0.1) is 0 Å². The maximum Gasteiger partial charge on any atom is 0.134 e. The van der Waals surface area contributed by atoms with Gasteiger partial charge in [-0.3, -0.25) is 4.90 Å². The fourth-order valence-electron chi connectivity index (χ4n) is 3.92. The van der Waals surface area contributed by atoms with Crippen molar-refractivity contribution in [1.29, 1.82) is 0 Å². The molecule has 0 aliphatic carbocycles. The Morgan fingerprint density at radius 3 is 2.48 bits per heavy atom. The van der Waals surface area contributed by atoms with Gasteiger partial charge in [-0.25, -0.2) is 0 Å². The molecule has 1 aliphatic heterocycles. The Labute approximate surface area is 127 Å². The van der Waals surface area contributed by atoms with Gasteiger partial charge >= 0.3 is 0 Å². The number of nitrogens with zero attached hydrogens (tertiary/aromatic N) is 1. The van der Waals surface area contributed by atoms with E-state index in [0.29, 0.717) is 0 Å². The molecule has 3 nitrogen and oxygen atoms in total. The Morgan fingerprint density at radius 1 is 1.19 bits per heavy atom. The molecule has 1 saturated heterocycles. The van der Waals surface area contributed by atoms with E-state index in [4.69, 9.17) is 10.2 Å². The van der Waals surface area contributed by atoms with Crippen molar-refractivity contribution >= 4 is 11.0 Å². The molecule has 1 fully saturated rings. The van der Waals surface area contributed by atoms with Crippen molar-refractivity contribution in [2.24, 2.45) is 5.73 Å². The van der Waals surface area contributed by atoms with Gasteiger partial charge in [0.2, 0.25) is 0 Å². The van der Waals surface area contributed by atoms with Gasteiger partial charge in [0.1, 0.15) is 11.3 Å². The lowest BCUT2D eigenvalue weighted by atomic mass is 9.82. The molecule has 0 bridgehead atoms. The number of furan rings is 1. The molecule has 1 atom stereocenters. The third-order valence-electron chi connectivity index (χ3n) is 5.29. The highest BCUT2D eigenvalue weighted by Gasteiger charge is 2.42. The van der Waals surface area contributed by atoms with Crippen LogP contribution >= 0.6 is 0 Å². The zero-order valence-electron chi connectivity index (χ0n) is 13.1. The van der Waals surface area contributed by atoms with Gasteiger partial charge in [0.15, 0.2) is 0 Å². The normalized spacial score (nSPS) is 18.4. The van der Waals surface area contributed by atoms with Gasteiger partial charge in [-0.05, 0) is 50.9 Å². The van der Waals surface area contributed by atoms with Crippen molar-refractivity contribution in [3.8, 4) is 0 Å². The number of nitrogens with two attached hydrogens (primary N) is 1. The zero-order valence-corrected chi connectivity index (χ0v) is 13.1. The summed E-state index contributed by atoms with van der Waals surface area (Å²) in [4.78, 5) is 2.59. The first-order valence-corrected chi connectivity index (χ1v) is 8.20. The average molecular weight is 286 g/mol. The van der Waals surface area contributed by atoms with Crippen LogP contribution in [-0.2, 0) is 0 Å². The van der Waals surface area contributed by atoms with E-state index in [9.17, 15) is 0 Å². The van der Waals surface area contributed by atoms with E-state index in [1.54, 1.807) is 0 Å². The number of fused-ring (bicyclic) bond motifs is 1. The number of para-hydroxylation sites is 1. The molecule has 1 aromatic heterocycles. The van der Waals surface area contributed by atoms with Crippen LogP contribution < -0.4 is 5.73 Å². The summed E-state index contributed by atoms with van der Waals surface area (Å²) >= 11 is 0. The first kappa shape index (κ1) is 14.6. The van der Waals surface area contributed by atoms with Crippen molar-refractivity contribution in [3.05, 3.63) is 36.1 Å². The fourth-order valence-corrected chi connectivity index (χ4v) is 3.92. The summed E-state index contributed by atoms with van der Waals surface area (Å²) in [6, 6.07) is 10.2. The van der Waals surface area contributed by atoms with E-state index < -0.39 is 0 Å². The quantitative estimate of drug-likeness (QED) is 0.900. The Kier molecular flexibility index (Phi) is 4.05. The maximum absolute atomic E-state index is 6.70. The summed E-state index contributed by atoms with van der Waals surface area (Å²) in [6.45, 7) is 6.83. The van der Waals surface area contributed by atoms with Gasteiger partial charge in [-0.2, -0.15) is 0 Å². The van der Waals surface area contributed by atoms with Crippen LogP contribution in [-0.4, -0.2) is 23.5 Å². The highest BCUT2D eigenvalue weighted by Crippen LogP contribution is 2.39. The third-order valence-corrected chi connectivity index (χ3v) is 5.29. The van der Waals surface area contributed by atoms with E-state index in [0.717, 1.165) is 42.7 Å². The van der Waals surface area contributed by atoms with Crippen LogP contribution in [0.5, 0.6) is 0 Å². The first-order valence-electron chi connectivity index (χ1n) is 8.20. The van der Waals surface area contributed by atoms with Crippen LogP contribution in [0.3, 0.4) is 0 Å². The average Bonchev–Trinajstić information content (AvgIpc) is 3.18. The lowest BCUT2D eigenvalue weighted by Crippen LogP contribution is -2.53. The van der Waals surface area contributed by atoms with E-state index in [1.807, 2.05) is 18.2 Å². The predicted molar refractivity (Wildman–Crippen MR) is 87.3 cm³/mol. The van der Waals surface area contributed by atoms with Crippen LogP contribution in [0.15, 0.2) is 34.7 Å². The molecule has 2 aromatic rings. The molecular formula is C18H26N2O. The number of hydrogen-bond donors (Lipinski definition) is 1. The van der Waals surface area contributed by atoms with Gasteiger partial charge in [0.25, 0.3) is 0 Å². The standard InChI is InChI=1S/C18H26N2O/c1-3-18(4-2,20-11-7-8-12-20)17(19)16-13-14-9-5-6-10-15(14)21-16/h5-6,9-10,13,17H,3-4,7-8,11-12,19H2,1-2H3. The van der Waals surface area contributed by atoms with Crippen molar-refractivity contribution in [2.45, 2.75) is 51.1 Å².